The molecule has 3 aromatic carbocycles. The van der Waals surface area contributed by atoms with Crippen molar-refractivity contribution < 1.29 is 23.6 Å². The molecule has 0 saturated carbocycles. The first kappa shape index (κ1) is 26.9. The predicted molar refractivity (Wildman–Crippen MR) is 149 cm³/mol. The van der Waals surface area contributed by atoms with Gasteiger partial charge in [0, 0.05) is 17.5 Å². The molecule has 7 nitrogen and oxygen atoms in total. The van der Waals surface area contributed by atoms with Crippen LogP contribution in [-0.2, 0) is 11.3 Å². The third kappa shape index (κ3) is 7.23. The molecule has 0 aliphatic heterocycles. The van der Waals surface area contributed by atoms with Crippen molar-refractivity contribution in [1.82, 2.24) is 5.32 Å². The summed E-state index contributed by atoms with van der Waals surface area (Å²) in [6, 6.07) is 24.7. The number of halogens is 1. The number of amides is 2. The van der Waals surface area contributed by atoms with Gasteiger partial charge >= 0.3 is 6.09 Å². The van der Waals surface area contributed by atoms with Gasteiger partial charge in [-0.15, -0.1) is 0 Å². The van der Waals surface area contributed by atoms with Gasteiger partial charge in [-0.05, 0) is 29.7 Å². The Morgan fingerprint density at radius 3 is 2.53 bits per heavy atom. The lowest BCUT2D eigenvalue weighted by molar-refractivity contribution is -0.697. The summed E-state index contributed by atoms with van der Waals surface area (Å²) in [6.07, 6.45) is 3.93. The van der Waals surface area contributed by atoms with E-state index in [2.05, 4.69) is 12.2 Å². The van der Waals surface area contributed by atoms with E-state index in [1.807, 2.05) is 77.4 Å². The fraction of sp³-hybridized carbons (Fsp3) is 0.233. The Balaban J connectivity index is 1.31. The molecule has 0 unspecified atom stereocenters. The molecule has 38 heavy (non-hydrogen) atoms. The zero-order valence-corrected chi connectivity index (χ0v) is 22.1. The topological polar surface area (TPSA) is 71.8 Å². The second-order valence-corrected chi connectivity index (χ2v) is 9.10. The summed E-state index contributed by atoms with van der Waals surface area (Å²) in [5, 5.41) is 5.29. The van der Waals surface area contributed by atoms with Crippen LogP contribution in [-0.4, -0.2) is 38.3 Å². The minimum absolute atomic E-state index is 0.0200. The second kappa shape index (κ2) is 13.4. The van der Waals surface area contributed by atoms with Crippen LogP contribution in [0.1, 0.15) is 23.7 Å². The number of aromatic nitrogens is 1. The third-order valence-electron chi connectivity index (χ3n) is 5.86. The molecule has 2 amide bonds. The highest BCUT2D eigenvalue weighted by Gasteiger charge is 2.21. The van der Waals surface area contributed by atoms with Crippen molar-refractivity contribution in [3.63, 3.8) is 0 Å². The molecular weight excluding hydrogens is 502 g/mol. The number of benzene rings is 3. The number of nitrogens with one attached hydrogen (secondary N) is 1. The maximum Gasteiger partial charge on any atom is 0.407 e. The lowest BCUT2D eigenvalue weighted by Crippen LogP contribution is -2.39. The van der Waals surface area contributed by atoms with Crippen molar-refractivity contribution in [2.24, 2.45) is 0 Å². The van der Waals surface area contributed by atoms with Gasteiger partial charge in [0.05, 0.1) is 13.1 Å². The molecule has 1 heterocycles. The van der Waals surface area contributed by atoms with E-state index in [0.29, 0.717) is 22.9 Å². The number of ether oxygens (including phenoxy) is 2. The summed E-state index contributed by atoms with van der Waals surface area (Å²) in [7, 11) is 0. The smallest absolute Gasteiger partial charge is 0.407 e. The van der Waals surface area contributed by atoms with Gasteiger partial charge in [-0.25, -0.2) is 9.36 Å². The zero-order valence-electron chi connectivity index (χ0n) is 21.3. The molecule has 4 aromatic rings. The van der Waals surface area contributed by atoms with Crippen LogP contribution in [0.25, 0.3) is 10.8 Å². The Morgan fingerprint density at radius 1 is 0.947 bits per heavy atom. The molecule has 4 rings (SSSR count). The van der Waals surface area contributed by atoms with Crippen LogP contribution >= 0.6 is 11.6 Å². The summed E-state index contributed by atoms with van der Waals surface area (Å²) < 4.78 is 13.1. The Kier molecular flexibility index (Phi) is 9.54. The number of carbonyl (C=O) groups excluding carboxylic acids is 2. The summed E-state index contributed by atoms with van der Waals surface area (Å²) in [5.41, 5.74) is 1.16. The molecule has 8 heteroatoms. The fourth-order valence-electron chi connectivity index (χ4n) is 4.13. The van der Waals surface area contributed by atoms with E-state index in [-0.39, 0.29) is 25.6 Å². The quantitative estimate of drug-likeness (QED) is 0.200. The average molecular weight is 533 g/mol. The number of fused-ring (bicyclic) bond motifs is 1. The second-order valence-electron chi connectivity index (χ2n) is 8.66. The number of carbonyl (C=O) groups is 2. The highest BCUT2D eigenvalue weighted by atomic mass is 35.5. The monoisotopic (exact) mass is 532 g/mol. The Morgan fingerprint density at radius 2 is 1.71 bits per heavy atom. The first-order valence-corrected chi connectivity index (χ1v) is 13.0. The Hall–Kier alpha value is -4.10. The van der Waals surface area contributed by atoms with E-state index < -0.39 is 6.09 Å². The van der Waals surface area contributed by atoms with Crippen LogP contribution < -0.4 is 19.5 Å². The van der Waals surface area contributed by atoms with Gasteiger partial charge in [0.25, 0.3) is 5.91 Å². The lowest BCUT2D eigenvalue weighted by Gasteiger charge is -2.22. The number of rotatable bonds is 11. The largest absolute Gasteiger partial charge is 0.491 e. The van der Waals surface area contributed by atoms with Gasteiger partial charge in [0.2, 0.25) is 0 Å². The number of aryl methyl sites for hydroxylation is 1. The predicted octanol–water partition coefficient (Wildman–Crippen LogP) is 5.64. The number of pyridine rings is 1. The molecule has 0 saturated heterocycles. The molecule has 0 radical (unpaired) electrons. The fourth-order valence-corrected chi connectivity index (χ4v) is 4.37. The molecule has 0 aliphatic rings. The molecule has 1 N–H and O–H groups in total. The van der Waals surface area contributed by atoms with Gasteiger partial charge in [0.1, 0.15) is 36.1 Å². The normalized spacial score (nSPS) is 10.7. The number of para-hydroxylation sites is 1. The van der Waals surface area contributed by atoms with Crippen molar-refractivity contribution in [3.8, 4) is 5.75 Å². The van der Waals surface area contributed by atoms with E-state index in [1.165, 1.54) is 0 Å². The number of nitrogens with zero attached hydrogens (tertiary/aromatic N) is 2. The van der Waals surface area contributed by atoms with Crippen LogP contribution in [0.4, 0.5) is 10.5 Å². The molecule has 1 aromatic heterocycles. The highest BCUT2D eigenvalue weighted by Crippen LogP contribution is 2.25. The summed E-state index contributed by atoms with van der Waals surface area (Å²) in [4.78, 5) is 27.3. The average Bonchev–Trinajstić information content (AvgIpc) is 2.93. The number of hydrogen-bond donors (Lipinski definition) is 1. The van der Waals surface area contributed by atoms with Crippen molar-refractivity contribution in [3.05, 3.63) is 102 Å². The molecule has 0 aliphatic carbocycles. The van der Waals surface area contributed by atoms with Crippen molar-refractivity contribution in [1.29, 1.82) is 0 Å². The summed E-state index contributed by atoms with van der Waals surface area (Å²) in [6.45, 7) is 3.59. The van der Waals surface area contributed by atoms with Gasteiger partial charge in [-0.2, -0.15) is 0 Å². The van der Waals surface area contributed by atoms with Crippen LogP contribution in [0.15, 0.2) is 91.3 Å². The molecule has 0 atom stereocenters. The SMILES string of the molecule is CCC[n+]1cc(Cl)cc(C(=O)N(CCOC(=O)NCCOc2cccc3ccccc23)c2ccccc2)c1. The van der Waals surface area contributed by atoms with Crippen LogP contribution in [0.5, 0.6) is 5.75 Å². The first-order chi connectivity index (χ1) is 18.5. The van der Waals surface area contributed by atoms with Crippen LogP contribution in [0.3, 0.4) is 0 Å². The van der Waals surface area contributed by atoms with E-state index in [9.17, 15) is 9.59 Å². The first-order valence-electron chi connectivity index (χ1n) is 12.6. The number of anilines is 1. The summed E-state index contributed by atoms with van der Waals surface area (Å²) >= 11 is 6.28. The zero-order chi connectivity index (χ0) is 26.7. The maximum atomic E-state index is 13.4. The van der Waals surface area contributed by atoms with Gasteiger partial charge in [-0.3, -0.25) is 4.79 Å². The lowest BCUT2D eigenvalue weighted by atomic mass is 10.1. The Bertz CT molecular complexity index is 1380. The molecular formula is C30H31ClN3O4+. The summed E-state index contributed by atoms with van der Waals surface area (Å²) in [5.74, 6) is 0.535. The van der Waals surface area contributed by atoms with Crippen molar-refractivity contribution in [2.45, 2.75) is 19.9 Å². The van der Waals surface area contributed by atoms with Gasteiger partial charge in [0.15, 0.2) is 12.4 Å². The van der Waals surface area contributed by atoms with E-state index >= 15 is 0 Å². The molecule has 196 valence electrons. The van der Waals surface area contributed by atoms with Crippen LogP contribution in [0.2, 0.25) is 5.02 Å². The molecule has 0 spiro atoms. The maximum absolute atomic E-state index is 13.4. The minimum Gasteiger partial charge on any atom is -0.491 e. The van der Waals surface area contributed by atoms with Gasteiger partial charge < -0.3 is 19.7 Å². The van der Waals surface area contributed by atoms with Crippen molar-refractivity contribution >= 4 is 40.1 Å². The van der Waals surface area contributed by atoms with E-state index in [4.69, 9.17) is 21.1 Å². The standard InChI is InChI=1S/C30H30ClN3O4/c1-2-16-33-21-24(20-25(31)22-33)29(35)34(26-11-4-3-5-12-26)17-19-38-30(36)32-15-18-37-28-14-8-10-23-9-6-7-13-27(23)28/h3-14,20-22H,2,15-19H2,1H3/p+1. The van der Waals surface area contributed by atoms with E-state index in [1.54, 1.807) is 23.4 Å². The minimum atomic E-state index is -0.574. The Labute approximate surface area is 227 Å². The van der Waals surface area contributed by atoms with Crippen molar-refractivity contribution in [2.75, 3.05) is 31.2 Å². The molecule has 0 fully saturated rings. The number of alkyl carbamates (subject to hydrolysis) is 1. The number of hydrogen-bond acceptors (Lipinski definition) is 4. The van der Waals surface area contributed by atoms with Gasteiger partial charge in [-0.1, -0.05) is 73.1 Å². The van der Waals surface area contributed by atoms with E-state index in [0.717, 1.165) is 29.5 Å². The molecule has 0 bridgehead atoms. The third-order valence-corrected chi connectivity index (χ3v) is 6.06. The van der Waals surface area contributed by atoms with Crippen LogP contribution in [0, 0.1) is 0 Å². The highest BCUT2D eigenvalue weighted by molar-refractivity contribution is 6.30.